The molecule has 0 heterocycles. The van der Waals surface area contributed by atoms with Crippen LogP contribution in [0.3, 0.4) is 0 Å². The lowest BCUT2D eigenvalue weighted by molar-refractivity contribution is -0.138. The highest BCUT2D eigenvalue weighted by Crippen LogP contribution is 2.14. The van der Waals surface area contributed by atoms with E-state index in [4.69, 9.17) is 5.11 Å². The Labute approximate surface area is 113 Å². The summed E-state index contributed by atoms with van der Waals surface area (Å²) in [5, 5.41) is 11.5. The Bertz CT molecular complexity index is 465. The van der Waals surface area contributed by atoms with Crippen molar-refractivity contribution in [3.8, 4) is 0 Å². The maximum atomic E-state index is 12.0. The molecule has 1 aromatic carbocycles. The number of aryl methyl sites for hydroxylation is 2. The van der Waals surface area contributed by atoms with Crippen molar-refractivity contribution in [2.45, 2.75) is 26.8 Å². The van der Waals surface area contributed by atoms with E-state index in [1.165, 1.54) is 4.90 Å². The number of carbonyl (C=O) groups excluding carboxylic acids is 1. The number of rotatable bonds is 5. The van der Waals surface area contributed by atoms with E-state index in [-0.39, 0.29) is 12.5 Å². The molecule has 5 heteroatoms. The fourth-order valence-electron chi connectivity index (χ4n) is 1.84. The van der Waals surface area contributed by atoms with Crippen LogP contribution in [-0.2, 0) is 9.59 Å². The van der Waals surface area contributed by atoms with Crippen LogP contribution in [0.5, 0.6) is 0 Å². The van der Waals surface area contributed by atoms with Gasteiger partial charge in [0.25, 0.3) is 0 Å². The number of carbonyl (C=O) groups is 2. The van der Waals surface area contributed by atoms with E-state index < -0.39 is 12.0 Å². The number of amides is 1. The molecular formula is C14H20N2O3. The number of aliphatic carboxylic acids is 1. The van der Waals surface area contributed by atoms with Crippen molar-refractivity contribution in [2.75, 3.05) is 18.9 Å². The highest BCUT2D eigenvalue weighted by atomic mass is 16.4. The van der Waals surface area contributed by atoms with Crippen molar-refractivity contribution >= 4 is 17.6 Å². The highest BCUT2D eigenvalue weighted by Gasteiger charge is 2.19. The van der Waals surface area contributed by atoms with E-state index in [0.717, 1.165) is 16.8 Å². The minimum atomic E-state index is -0.950. The summed E-state index contributed by atoms with van der Waals surface area (Å²) in [4.78, 5) is 24.1. The van der Waals surface area contributed by atoms with E-state index >= 15 is 0 Å². The topological polar surface area (TPSA) is 69.6 Å². The van der Waals surface area contributed by atoms with Gasteiger partial charge in [-0.15, -0.1) is 0 Å². The van der Waals surface area contributed by atoms with Gasteiger partial charge in [-0.3, -0.25) is 14.5 Å². The molecule has 104 valence electrons. The Morgan fingerprint density at radius 3 is 2.26 bits per heavy atom. The third-order valence-electron chi connectivity index (χ3n) is 2.91. The molecule has 1 rings (SSSR count). The molecular weight excluding hydrogens is 244 g/mol. The summed E-state index contributed by atoms with van der Waals surface area (Å²) in [5.41, 5.74) is 2.88. The highest BCUT2D eigenvalue weighted by molar-refractivity contribution is 5.94. The molecule has 0 bridgehead atoms. The molecule has 1 amide bonds. The zero-order valence-corrected chi connectivity index (χ0v) is 11.7. The molecule has 1 atom stereocenters. The number of benzene rings is 1. The summed E-state index contributed by atoms with van der Waals surface area (Å²) in [6.45, 7) is 5.44. The predicted octanol–water partition coefficient (Wildman–Crippen LogP) is 1.65. The maximum absolute atomic E-state index is 12.0. The van der Waals surface area contributed by atoms with Gasteiger partial charge in [0, 0.05) is 5.69 Å². The summed E-state index contributed by atoms with van der Waals surface area (Å²) < 4.78 is 0. The summed E-state index contributed by atoms with van der Waals surface area (Å²) in [7, 11) is 1.61. The molecule has 0 spiro atoms. The fourth-order valence-corrected chi connectivity index (χ4v) is 1.84. The largest absolute Gasteiger partial charge is 0.480 e. The van der Waals surface area contributed by atoms with Crippen LogP contribution in [0, 0.1) is 13.8 Å². The minimum Gasteiger partial charge on any atom is -0.480 e. The fraction of sp³-hybridized carbons (Fsp3) is 0.429. The first-order valence-corrected chi connectivity index (χ1v) is 6.11. The molecule has 5 nitrogen and oxygen atoms in total. The summed E-state index contributed by atoms with van der Waals surface area (Å²) in [5.74, 6) is -1.16. The second-order valence-electron chi connectivity index (χ2n) is 4.85. The number of carboxylic acid groups (broad SMARTS) is 1. The second-order valence-corrected chi connectivity index (χ2v) is 4.85. The number of anilines is 1. The van der Waals surface area contributed by atoms with Crippen molar-refractivity contribution < 1.29 is 14.7 Å². The number of hydrogen-bond donors (Lipinski definition) is 2. The summed E-state index contributed by atoms with van der Waals surface area (Å²) >= 11 is 0. The Hall–Kier alpha value is -1.88. The van der Waals surface area contributed by atoms with Crippen LogP contribution in [0.2, 0.25) is 0 Å². The molecule has 1 unspecified atom stereocenters. The van der Waals surface area contributed by atoms with Crippen LogP contribution in [0.15, 0.2) is 18.2 Å². The second kappa shape index (κ2) is 6.33. The molecule has 0 aliphatic rings. The average Bonchev–Trinajstić information content (AvgIpc) is 2.25. The van der Waals surface area contributed by atoms with E-state index in [2.05, 4.69) is 5.32 Å². The number of nitrogens with zero attached hydrogens (tertiary/aromatic N) is 1. The van der Waals surface area contributed by atoms with Crippen LogP contribution >= 0.6 is 0 Å². The lowest BCUT2D eigenvalue weighted by atomic mass is 10.1. The van der Waals surface area contributed by atoms with Crippen LogP contribution in [0.1, 0.15) is 18.1 Å². The molecule has 1 aromatic rings. The average molecular weight is 264 g/mol. The number of hydrogen-bond acceptors (Lipinski definition) is 3. The van der Waals surface area contributed by atoms with Gasteiger partial charge in [-0.2, -0.15) is 0 Å². The van der Waals surface area contributed by atoms with Gasteiger partial charge in [0.15, 0.2) is 0 Å². The Kier molecular flexibility index (Phi) is 5.06. The monoisotopic (exact) mass is 264 g/mol. The zero-order chi connectivity index (χ0) is 14.6. The Morgan fingerprint density at radius 1 is 1.26 bits per heavy atom. The number of likely N-dealkylation sites (N-methyl/N-ethyl adjacent to an activating group) is 1. The van der Waals surface area contributed by atoms with E-state index in [9.17, 15) is 9.59 Å². The molecule has 0 saturated carbocycles. The van der Waals surface area contributed by atoms with Gasteiger partial charge in [0.1, 0.15) is 0 Å². The molecule has 0 fully saturated rings. The van der Waals surface area contributed by atoms with Gasteiger partial charge in [0.05, 0.1) is 12.6 Å². The smallest absolute Gasteiger partial charge is 0.317 e. The molecule has 0 aliphatic carbocycles. The SMILES string of the molecule is Cc1cc(C)cc(NC(=O)C(C)N(C)CC(=O)O)c1. The van der Waals surface area contributed by atoms with Crippen LogP contribution in [0.25, 0.3) is 0 Å². The van der Waals surface area contributed by atoms with Crippen molar-refractivity contribution in [1.29, 1.82) is 0 Å². The first-order valence-electron chi connectivity index (χ1n) is 6.11. The standard InChI is InChI=1S/C14H20N2O3/c1-9-5-10(2)7-12(6-9)15-14(19)11(3)16(4)8-13(17)18/h5-7,11H,8H2,1-4H3,(H,15,19)(H,17,18). The van der Waals surface area contributed by atoms with Gasteiger partial charge >= 0.3 is 5.97 Å². The van der Waals surface area contributed by atoms with Crippen molar-refractivity contribution in [1.82, 2.24) is 4.90 Å². The summed E-state index contributed by atoms with van der Waals surface area (Å²) in [6.07, 6.45) is 0. The minimum absolute atomic E-state index is 0.165. The first kappa shape index (κ1) is 15.2. The first-order chi connectivity index (χ1) is 8.79. The molecule has 0 saturated heterocycles. The molecule has 0 aliphatic heterocycles. The number of nitrogens with one attached hydrogen (secondary N) is 1. The quantitative estimate of drug-likeness (QED) is 0.848. The van der Waals surface area contributed by atoms with Crippen molar-refractivity contribution in [3.63, 3.8) is 0 Å². The third kappa shape index (κ3) is 4.71. The van der Waals surface area contributed by atoms with E-state index in [1.54, 1.807) is 14.0 Å². The van der Waals surface area contributed by atoms with E-state index in [1.807, 2.05) is 32.0 Å². The Balaban J connectivity index is 2.70. The number of carboxylic acids is 1. The van der Waals surface area contributed by atoms with Gasteiger partial charge in [0.2, 0.25) is 5.91 Å². The van der Waals surface area contributed by atoms with Crippen molar-refractivity contribution in [2.24, 2.45) is 0 Å². The lowest BCUT2D eigenvalue weighted by Crippen LogP contribution is -2.42. The molecule has 0 aromatic heterocycles. The van der Waals surface area contributed by atoms with Crippen molar-refractivity contribution in [3.05, 3.63) is 29.3 Å². The third-order valence-corrected chi connectivity index (χ3v) is 2.91. The maximum Gasteiger partial charge on any atom is 0.317 e. The van der Waals surface area contributed by atoms with Crippen LogP contribution in [-0.4, -0.2) is 41.5 Å². The molecule has 19 heavy (non-hydrogen) atoms. The zero-order valence-electron chi connectivity index (χ0n) is 11.7. The van der Waals surface area contributed by atoms with Gasteiger partial charge < -0.3 is 10.4 Å². The summed E-state index contributed by atoms with van der Waals surface area (Å²) in [6, 6.07) is 5.29. The van der Waals surface area contributed by atoms with E-state index in [0.29, 0.717) is 0 Å². The predicted molar refractivity (Wildman–Crippen MR) is 74.3 cm³/mol. The normalized spacial score (nSPS) is 12.3. The van der Waals surface area contributed by atoms with Gasteiger partial charge in [-0.1, -0.05) is 6.07 Å². The van der Waals surface area contributed by atoms with Crippen LogP contribution < -0.4 is 5.32 Å². The lowest BCUT2D eigenvalue weighted by Gasteiger charge is -2.22. The molecule has 2 N–H and O–H groups in total. The van der Waals surface area contributed by atoms with Gasteiger partial charge in [-0.25, -0.2) is 0 Å². The van der Waals surface area contributed by atoms with Crippen LogP contribution in [0.4, 0.5) is 5.69 Å². The Morgan fingerprint density at radius 2 is 1.79 bits per heavy atom. The molecule has 0 radical (unpaired) electrons. The van der Waals surface area contributed by atoms with Gasteiger partial charge in [-0.05, 0) is 51.1 Å².